The standard InChI is InChI=1S/C17H24ClF3N4/c1-13(17(19,20)21)24-9-11-25(12-10-24)16(22-2)23-8-7-14-5-3-4-6-15(14)18/h3-6,13H,7-12H2,1-2H3,(H,22,23). The van der Waals surface area contributed by atoms with E-state index in [2.05, 4.69) is 10.3 Å². The number of guanidine groups is 1. The molecule has 1 aromatic carbocycles. The van der Waals surface area contributed by atoms with E-state index in [1.807, 2.05) is 29.2 Å². The van der Waals surface area contributed by atoms with E-state index in [9.17, 15) is 13.2 Å². The van der Waals surface area contributed by atoms with Gasteiger partial charge >= 0.3 is 6.18 Å². The maximum atomic E-state index is 12.8. The number of rotatable bonds is 4. The number of hydrogen-bond donors (Lipinski definition) is 1. The Bertz CT molecular complexity index is 584. The third-order valence-electron chi connectivity index (χ3n) is 4.48. The molecule has 0 amide bonds. The van der Waals surface area contributed by atoms with E-state index in [-0.39, 0.29) is 0 Å². The molecule has 0 aromatic heterocycles. The Kier molecular flexibility index (Phi) is 6.95. The normalized spacial score (nSPS) is 18.3. The Morgan fingerprint density at radius 1 is 1.24 bits per heavy atom. The lowest BCUT2D eigenvalue weighted by molar-refractivity contribution is -0.181. The molecule has 1 heterocycles. The molecular weight excluding hydrogens is 353 g/mol. The first-order chi connectivity index (χ1) is 11.8. The van der Waals surface area contributed by atoms with Gasteiger partial charge in [-0.15, -0.1) is 0 Å². The summed E-state index contributed by atoms with van der Waals surface area (Å²) in [4.78, 5) is 7.70. The second kappa shape index (κ2) is 8.76. The highest BCUT2D eigenvalue weighted by atomic mass is 35.5. The lowest BCUT2D eigenvalue weighted by Crippen LogP contribution is -2.56. The number of nitrogens with one attached hydrogen (secondary N) is 1. The first-order valence-electron chi connectivity index (χ1n) is 8.32. The van der Waals surface area contributed by atoms with Gasteiger partial charge in [-0.1, -0.05) is 29.8 Å². The van der Waals surface area contributed by atoms with Crippen molar-refractivity contribution in [2.24, 2.45) is 4.99 Å². The van der Waals surface area contributed by atoms with E-state index in [4.69, 9.17) is 11.6 Å². The molecule has 0 spiro atoms. The van der Waals surface area contributed by atoms with Crippen molar-refractivity contribution in [1.82, 2.24) is 15.1 Å². The second-order valence-electron chi connectivity index (χ2n) is 6.06. The van der Waals surface area contributed by atoms with E-state index in [1.165, 1.54) is 11.8 Å². The fourth-order valence-electron chi connectivity index (χ4n) is 2.87. The molecule has 0 bridgehead atoms. The van der Waals surface area contributed by atoms with Crippen molar-refractivity contribution in [1.29, 1.82) is 0 Å². The van der Waals surface area contributed by atoms with Crippen LogP contribution < -0.4 is 5.32 Å². The van der Waals surface area contributed by atoms with E-state index < -0.39 is 12.2 Å². The van der Waals surface area contributed by atoms with Gasteiger partial charge in [-0.25, -0.2) is 0 Å². The van der Waals surface area contributed by atoms with Crippen molar-refractivity contribution >= 4 is 17.6 Å². The van der Waals surface area contributed by atoms with Crippen LogP contribution in [0.1, 0.15) is 12.5 Å². The molecule has 1 saturated heterocycles. The molecule has 8 heteroatoms. The molecule has 0 saturated carbocycles. The zero-order chi connectivity index (χ0) is 18.4. The van der Waals surface area contributed by atoms with Crippen molar-refractivity contribution in [3.63, 3.8) is 0 Å². The summed E-state index contributed by atoms with van der Waals surface area (Å²) in [6, 6.07) is 6.25. The van der Waals surface area contributed by atoms with Crippen LogP contribution in [0.5, 0.6) is 0 Å². The average Bonchev–Trinajstić information content (AvgIpc) is 2.59. The van der Waals surface area contributed by atoms with Crippen LogP contribution in [0.3, 0.4) is 0 Å². The molecule has 1 atom stereocenters. The maximum absolute atomic E-state index is 12.8. The Balaban J connectivity index is 1.81. The molecule has 1 aliphatic heterocycles. The van der Waals surface area contributed by atoms with Gasteiger partial charge in [0, 0.05) is 44.8 Å². The maximum Gasteiger partial charge on any atom is 0.403 e. The summed E-state index contributed by atoms with van der Waals surface area (Å²) in [7, 11) is 1.68. The number of nitrogens with zero attached hydrogens (tertiary/aromatic N) is 3. The summed E-state index contributed by atoms with van der Waals surface area (Å²) in [6.45, 7) is 3.65. The summed E-state index contributed by atoms with van der Waals surface area (Å²) in [6.07, 6.45) is -3.43. The van der Waals surface area contributed by atoms with E-state index in [1.54, 1.807) is 7.05 Å². The molecule has 4 nitrogen and oxygen atoms in total. The van der Waals surface area contributed by atoms with E-state index in [0.717, 1.165) is 17.0 Å². The lowest BCUT2D eigenvalue weighted by atomic mass is 10.1. The van der Waals surface area contributed by atoms with E-state index in [0.29, 0.717) is 38.7 Å². The van der Waals surface area contributed by atoms with Crippen molar-refractivity contribution in [2.75, 3.05) is 39.8 Å². The largest absolute Gasteiger partial charge is 0.403 e. The summed E-state index contributed by atoms with van der Waals surface area (Å²) in [5, 5.41) is 4.00. The third kappa shape index (κ3) is 5.51. The zero-order valence-corrected chi connectivity index (χ0v) is 15.2. The predicted molar refractivity (Wildman–Crippen MR) is 95.2 cm³/mol. The van der Waals surface area contributed by atoms with Gasteiger partial charge in [-0.2, -0.15) is 13.2 Å². The van der Waals surface area contributed by atoms with Gasteiger partial charge in [0.15, 0.2) is 5.96 Å². The Hall–Kier alpha value is -1.47. The molecule has 0 radical (unpaired) electrons. The van der Waals surface area contributed by atoms with Crippen LogP contribution in [0.15, 0.2) is 29.3 Å². The van der Waals surface area contributed by atoms with Crippen molar-refractivity contribution in [3.8, 4) is 0 Å². The van der Waals surface area contributed by atoms with Crippen LogP contribution in [0.25, 0.3) is 0 Å². The number of benzene rings is 1. The minimum atomic E-state index is -4.18. The number of piperazine rings is 1. The molecule has 2 rings (SSSR count). The van der Waals surface area contributed by atoms with Crippen molar-refractivity contribution in [2.45, 2.75) is 25.6 Å². The second-order valence-corrected chi connectivity index (χ2v) is 6.46. The predicted octanol–water partition coefficient (Wildman–Crippen LogP) is 3.03. The molecule has 0 aliphatic carbocycles. The fourth-order valence-corrected chi connectivity index (χ4v) is 3.10. The molecule has 1 N–H and O–H groups in total. The topological polar surface area (TPSA) is 30.9 Å². The number of aliphatic imine (C=N–C) groups is 1. The third-order valence-corrected chi connectivity index (χ3v) is 4.85. The van der Waals surface area contributed by atoms with Gasteiger partial charge in [0.2, 0.25) is 0 Å². The number of halogens is 4. The molecule has 1 fully saturated rings. The van der Waals surface area contributed by atoms with E-state index >= 15 is 0 Å². The molecular formula is C17H24ClF3N4. The highest BCUT2D eigenvalue weighted by Gasteiger charge is 2.41. The van der Waals surface area contributed by atoms with Crippen LogP contribution in [-0.2, 0) is 6.42 Å². The Labute approximate surface area is 151 Å². The first-order valence-corrected chi connectivity index (χ1v) is 8.70. The van der Waals surface area contributed by atoms with Gasteiger partial charge in [0.1, 0.15) is 6.04 Å². The molecule has 25 heavy (non-hydrogen) atoms. The molecule has 1 unspecified atom stereocenters. The van der Waals surface area contributed by atoms with Gasteiger partial charge in [-0.05, 0) is 25.0 Å². The van der Waals surface area contributed by atoms with Gasteiger partial charge in [0.25, 0.3) is 0 Å². The highest BCUT2D eigenvalue weighted by Crippen LogP contribution is 2.25. The summed E-state index contributed by atoms with van der Waals surface area (Å²) < 4.78 is 38.4. The fraction of sp³-hybridized carbons (Fsp3) is 0.588. The van der Waals surface area contributed by atoms with Crippen LogP contribution in [0.2, 0.25) is 5.02 Å². The minimum absolute atomic E-state index is 0.367. The Morgan fingerprint density at radius 3 is 2.44 bits per heavy atom. The average molecular weight is 377 g/mol. The van der Waals surface area contributed by atoms with Crippen molar-refractivity contribution < 1.29 is 13.2 Å². The van der Waals surface area contributed by atoms with Crippen LogP contribution in [-0.4, -0.2) is 67.7 Å². The minimum Gasteiger partial charge on any atom is -0.356 e. The lowest BCUT2D eigenvalue weighted by Gasteiger charge is -2.39. The molecule has 1 aliphatic rings. The summed E-state index contributed by atoms with van der Waals surface area (Å²) >= 11 is 6.14. The van der Waals surface area contributed by atoms with Gasteiger partial charge < -0.3 is 10.2 Å². The SMILES string of the molecule is CN=C(NCCc1ccccc1Cl)N1CCN(C(C)C(F)(F)F)CC1. The van der Waals surface area contributed by atoms with Gasteiger partial charge in [0.05, 0.1) is 0 Å². The summed E-state index contributed by atoms with van der Waals surface area (Å²) in [5.74, 6) is 0.714. The Morgan fingerprint density at radius 2 is 1.88 bits per heavy atom. The number of hydrogen-bond acceptors (Lipinski definition) is 2. The molecule has 140 valence electrons. The van der Waals surface area contributed by atoms with Crippen molar-refractivity contribution in [3.05, 3.63) is 34.9 Å². The zero-order valence-electron chi connectivity index (χ0n) is 14.5. The van der Waals surface area contributed by atoms with Crippen LogP contribution in [0.4, 0.5) is 13.2 Å². The summed E-state index contributed by atoms with van der Waals surface area (Å²) in [5.41, 5.74) is 1.05. The van der Waals surface area contributed by atoms with Crippen LogP contribution in [0, 0.1) is 0 Å². The molecule has 1 aromatic rings. The monoisotopic (exact) mass is 376 g/mol. The number of alkyl halides is 3. The smallest absolute Gasteiger partial charge is 0.356 e. The van der Waals surface area contributed by atoms with Crippen LogP contribution >= 0.6 is 11.6 Å². The first kappa shape index (κ1) is 19.8. The quantitative estimate of drug-likeness (QED) is 0.647. The highest BCUT2D eigenvalue weighted by molar-refractivity contribution is 6.31. The van der Waals surface area contributed by atoms with Gasteiger partial charge in [-0.3, -0.25) is 9.89 Å².